The number of imide groups is 2. The molecule has 1 atom stereocenters. The molecule has 3 aliphatic rings. The van der Waals surface area contributed by atoms with Crippen LogP contribution >= 0.6 is 0 Å². The van der Waals surface area contributed by atoms with Crippen LogP contribution in [0.15, 0.2) is 18.2 Å². The zero-order valence-corrected chi connectivity index (χ0v) is 18.0. The van der Waals surface area contributed by atoms with Crippen molar-refractivity contribution in [2.45, 2.75) is 50.7 Å². The Kier molecular flexibility index (Phi) is 5.73. The van der Waals surface area contributed by atoms with E-state index in [-0.39, 0.29) is 24.0 Å². The summed E-state index contributed by atoms with van der Waals surface area (Å²) in [4.78, 5) is 54.9. The van der Waals surface area contributed by atoms with Gasteiger partial charge in [-0.2, -0.15) is 5.10 Å². The Hall–Kier alpha value is -3.44. The number of hydrogen-bond donors (Lipinski definition) is 4. The lowest BCUT2D eigenvalue weighted by Crippen LogP contribution is -2.54. The van der Waals surface area contributed by atoms with Crippen LogP contribution in [0.3, 0.4) is 0 Å². The summed E-state index contributed by atoms with van der Waals surface area (Å²) < 4.78 is 0. The number of hydrogen-bond acceptors (Lipinski definition) is 8. The molecule has 11 nitrogen and oxygen atoms in total. The number of carbonyl (C=O) groups excluding carboxylic acids is 4. The highest BCUT2D eigenvalue weighted by molar-refractivity contribution is 6.23. The van der Waals surface area contributed by atoms with Gasteiger partial charge in [-0.3, -0.25) is 34.5 Å². The van der Waals surface area contributed by atoms with Crippen molar-refractivity contribution in [2.24, 2.45) is 0 Å². The molecule has 1 unspecified atom stereocenters. The van der Waals surface area contributed by atoms with E-state index in [1.165, 1.54) is 0 Å². The SMILES string of the molecule is O=C1CCC(N2C(=O)c3ccc(CNCc4nc(C5CCNCC5)n[nH]4)cc3C2=O)C(=O)N1. The Balaban J connectivity index is 1.21. The van der Waals surface area contributed by atoms with Crippen molar-refractivity contribution in [3.8, 4) is 0 Å². The highest BCUT2D eigenvalue weighted by Crippen LogP contribution is 2.28. The van der Waals surface area contributed by atoms with Crippen LogP contribution < -0.4 is 16.0 Å². The molecule has 0 saturated carbocycles. The zero-order chi connectivity index (χ0) is 22.9. The number of H-pyrrole nitrogens is 1. The summed E-state index contributed by atoms with van der Waals surface area (Å²) in [7, 11) is 0. The highest BCUT2D eigenvalue weighted by atomic mass is 16.2. The van der Waals surface area contributed by atoms with E-state index in [0.717, 1.165) is 48.0 Å². The summed E-state index contributed by atoms with van der Waals surface area (Å²) in [5.74, 6) is -0.0361. The molecule has 0 spiro atoms. The van der Waals surface area contributed by atoms with Crippen molar-refractivity contribution in [1.82, 2.24) is 36.0 Å². The number of carbonyl (C=O) groups is 4. The number of benzene rings is 1. The van der Waals surface area contributed by atoms with E-state index in [2.05, 4.69) is 31.1 Å². The van der Waals surface area contributed by atoms with Gasteiger partial charge in [0.05, 0.1) is 17.7 Å². The topological polar surface area (TPSA) is 149 Å². The second kappa shape index (κ2) is 8.83. The van der Waals surface area contributed by atoms with Gasteiger partial charge in [0.1, 0.15) is 11.9 Å². The van der Waals surface area contributed by atoms with Gasteiger partial charge in [0.2, 0.25) is 11.8 Å². The molecule has 33 heavy (non-hydrogen) atoms. The maximum atomic E-state index is 12.9. The summed E-state index contributed by atoms with van der Waals surface area (Å²) in [5.41, 5.74) is 1.38. The average molecular weight is 451 g/mol. The van der Waals surface area contributed by atoms with Gasteiger partial charge in [0.25, 0.3) is 11.8 Å². The molecule has 4 N–H and O–H groups in total. The lowest BCUT2D eigenvalue weighted by molar-refractivity contribution is -0.136. The molecule has 11 heteroatoms. The van der Waals surface area contributed by atoms with Crippen molar-refractivity contribution >= 4 is 23.6 Å². The Morgan fingerprint density at radius 1 is 1.00 bits per heavy atom. The lowest BCUT2D eigenvalue weighted by Gasteiger charge is -2.27. The monoisotopic (exact) mass is 451 g/mol. The number of aromatic nitrogens is 3. The van der Waals surface area contributed by atoms with Crippen molar-refractivity contribution in [3.05, 3.63) is 46.5 Å². The van der Waals surface area contributed by atoms with Crippen LogP contribution in [-0.4, -0.2) is 62.8 Å². The third-order valence-corrected chi connectivity index (χ3v) is 6.38. The molecule has 0 radical (unpaired) electrons. The fourth-order valence-corrected chi connectivity index (χ4v) is 4.61. The predicted molar refractivity (Wildman–Crippen MR) is 115 cm³/mol. The van der Waals surface area contributed by atoms with Gasteiger partial charge in [-0.25, -0.2) is 4.98 Å². The normalized spacial score (nSPS) is 21.5. The molecule has 172 valence electrons. The maximum Gasteiger partial charge on any atom is 0.262 e. The minimum absolute atomic E-state index is 0.0972. The molecule has 4 heterocycles. The van der Waals surface area contributed by atoms with E-state index in [1.54, 1.807) is 18.2 Å². The number of rotatable bonds is 6. The Morgan fingerprint density at radius 2 is 1.79 bits per heavy atom. The quantitative estimate of drug-likeness (QED) is 0.447. The molecular formula is C22H25N7O4. The summed E-state index contributed by atoms with van der Waals surface area (Å²) in [6.45, 7) is 2.92. The van der Waals surface area contributed by atoms with Gasteiger partial charge < -0.3 is 10.6 Å². The van der Waals surface area contributed by atoms with Gasteiger partial charge >= 0.3 is 0 Å². The van der Waals surface area contributed by atoms with Gasteiger partial charge in [-0.1, -0.05) is 6.07 Å². The number of aromatic amines is 1. The van der Waals surface area contributed by atoms with Crippen LogP contribution in [0.4, 0.5) is 0 Å². The van der Waals surface area contributed by atoms with E-state index in [4.69, 9.17) is 0 Å². The Bertz CT molecular complexity index is 1120. The number of piperidine rings is 2. The second-order valence-electron chi connectivity index (χ2n) is 8.60. The van der Waals surface area contributed by atoms with Crippen molar-refractivity contribution in [3.63, 3.8) is 0 Å². The molecule has 5 rings (SSSR count). The first kappa shape index (κ1) is 21.4. The highest BCUT2D eigenvalue weighted by Gasteiger charge is 2.44. The minimum Gasteiger partial charge on any atom is -0.317 e. The van der Waals surface area contributed by atoms with E-state index in [0.29, 0.717) is 19.0 Å². The molecule has 2 saturated heterocycles. The van der Waals surface area contributed by atoms with Crippen molar-refractivity contribution < 1.29 is 19.2 Å². The summed E-state index contributed by atoms with van der Waals surface area (Å²) in [5, 5.41) is 16.1. The summed E-state index contributed by atoms with van der Waals surface area (Å²) in [6.07, 6.45) is 2.30. The molecule has 2 aromatic rings. The first-order valence-corrected chi connectivity index (χ1v) is 11.2. The molecule has 1 aromatic carbocycles. The molecule has 3 aliphatic heterocycles. The zero-order valence-electron chi connectivity index (χ0n) is 18.0. The van der Waals surface area contributed by atoms with Crippen LogP contribution in [0.25, 0.3) is 0 Å². The van der Waals surface area contributed by atoms with Gasteiger partial charge in [-0.15, -0.1) is 0 Å². The largest absolute Gasteiger partial charge is 0.317 e. The first-order valence-electron chi connectivity index (χ1n) is 11.2. The van der Waals surface area contributed by atoms with Crippen LogP contribution in [0.5, 0.6) is 0 Å². The van der Waals surface area contributed by atoms with Gasteiger partial charge in [0, 0.05) is 18.9 Å². The van der Waals surface area contributed by atoms with Crippen LogP contribution in [0.1, 0.15) is 69.5 Å². The second-order valence-corrected chi connectivity index (χ2v) is 8.60. The minimum atomic E-state index is -0.961. The Labute approximate surface area is 189 Å². The number of fused-ring (bicyclic) bond motifs is 1. The number of nitrogens with zero attached hydrogens (tertiary/aromatic N) is 3. The van der Waals surface area contributed by atoms with Crippen LogP contribution in [-0.2, 0) is 22.7 Å². The Morgan fingerprint density at radius 3 is 2.58 bits per heavy atom. The van der Waals surface area contributed by atoms with E-state index in [1.807, 2.05) is 0 Å². The fraction of sp³-hybridized carbons (Fsp3) is 0.455. The third kappa shape index (κ3) is 4.16. The van der Waals surface area contributed by atoms with E-state index >= 15 is 0 Å². The van der Waals surface area contributed by atoms with Gasteiger partial charge in [0.15, 0.2) is 5.82 Å². The molecule has 0 aliphatic carbocycles. The van der Waals surface area contributed by atoms with E-state index in [9.17, 15) is 19.2 Å². The predicted octanol–water partition coefficient (Wildman–Crippen LogP) is -0.0373. The summed E-state index contributed by atoms with van der Waals surface area (Å²) in [6, 6.07) is 4.11. The van der Waals surface area contributed by atoms with Crippen LogP contribution in [0.2, 0.25) is 0 Å². The standard InChI is InChI=1S/C22H25N7O4/c30-18-4-3-16(20(31)26-18)29-21(32)14-2-1-12(9-15(14)22(29)33)10-24-11-17-25-19(28-27-17)13-5-7-23-8-6-13/h1-2,9,13,16,23-24H,3-8,10-11H2,(H,25,27,28)(H,26,30,31). The average Bonchev–Trinajstić information content (AvgIpc) is 3.38. The molecule has 0 bridgehead atoms. The fourth-order valence-electron chi connectivity index (χ4n) is 4.61. The van der Waals surface area contributed by atoms with E-state index < -0.39 is 29.7 Å². The van der Waals surface area contributed by atoms with Gasteiger partial charge in [-0.05, 0) is 50.0 Å². The molecule has 2 fully saturated rings. The molecule has 4 amide bonds. The lowest BCUT2D eigenvalue weighted by atomic mass is 9.98. The number of amides is 4. The number of nitrogens with one attached hydrogen (secondary N) is 4. The molecular weight excluding hydrogens is 426 g/mol. The maximum absolute atomic E-state index is 12.9. The van der Waals surface area contributed by atoms with Crippen molar-refractivity contribution in [1.29, 1.82) is 0 Å². The third-order valence-electron chi connectivity index (χ3n) is 6.38. The molecule has 1 aromatic heterocycles. The first-order chi connectivity index (χ1) is 16.0. The van der Waals surface area contributed by atoms with Crippen LogP contribution in [0, 0.1) is 0 Å². The smallest absolute Gasteiger partial charge is 0.262 e. The summed E-state index contributed by atoms with van der Waals surface area (Å²) >= 11 is 0. The van der Waals surface area contributed by atoms with Crippen molar-refractivity contribution in [2.75, 3.05) is 13.1 Å².